The number of ether oxygens (including phenoxy) is 5. The Balaban J connectivity index is 2.13. The Kier molecular flexibility index (Phi) is 7.99. The van der Waals surface area contributed by atoms with E-state index in [1.165, 1.54) is 7.11 Å². The first-order valence-electron chi connectivity index (χ1n) is 10.0. The van der Waals surface area contributed by atoms with Gasteiger partial charge in [-0.15, -0.1) is 0 Å². The summed E-state index contributed by atoms with van der Waals surface area (Å²) in [7, 11) is -2.42. The summed E-state index contributed by atoms with van der Waals surface area (Å²) in [6.45, 7) is 18.2. The van der Waals surface area contributed by atoms with E-state index >= 15 is 0 Å². The molecule has 2 fully saturated rings. The van der Waals surface area contributed by atoms with Gasteiger partial charge in [0, 0.05) is 7.11 Å². The Morgan fingerprint density at radius 3 is 2.13 bits per heavy atom. The van der Waals surface area contributed by atoms with Crippen molar-refractivity contribution in [2.45, 2.75) is 97.0 Å². The van der Waals surface area contributed by atoms with E-state index in [1.54, 1.807) is 41.5 Å². The molecule has 10 heteroatoms. The highest BCUT2D eigenvalue weighted by molar-refractivity contribution is 7.48. The van der Waals surface area contributed by atoms with Gasteiger partial charge < -0.3 is 23.7 Å². The quantitative estimate of drug-likeness (QED) is 0.290. The van der Waals surface area contributed by atoms with Gasteiger partial charge in [-0.25, -0.2) is 4.57 Å². The number of phosphoric ester groups is 1. The molecule has 0 N–H and O–H groups in total. The first kappa shape index (κ1) is 25.9. The Bertz CT molecular complexity index is 630. The van der Waals surface area contributed by atoms with Gasteiger partial charge in [0.25, 0.3) is 0 Å². The van der Waals surface area contributed by atoms with Crippen molar-refractivity contribution in [3.05, 3.63) is 12.2 Å². The van der Waals surface area contributed by atoms with Gasteiger partial charge in [0.2, 0.25) is 0 Å². The first-order chi connectivity index (χ1) is 13.5. The summed E-state index contributed by atoms with van der Waals surface area (Å²) in [5.74, 6) is -0.764. The average Bonchev–Trinajstić information content (AvgIpc) is 2.97. The molecule has 2 aliphatic rings. The molecule has 0 unspecified atom stereocenters. The molecule has 0 aliphatic carbocycles. The van der Waals surface area contributed by atoms with E-state index in [1.807, 2.05) is 13.8 Å². The maximum absolute atomic E-state index is 13.3. The predicted octanol–water partition coefficient (Wildman–Crippen LogP) is 4.16. The third-order valence-corrected chi connectivity index (χ3v) is 5.98. The summed E-state index contributed by atoms with van der Waals surface area (Å²) < 4.78 is 58.7. The minimum absolute atomic E-state index is 0.0196. The van der Waals surface area contributed by atoms with Crippen LogP contribution < -0.4 is 0 Å². The molecule has 30 heavy (non-hydrogen) atoms. The second-order valence-corrected chi connectivity index (χ2v) is 11.3. The molecule has 0 aromatic heterocycles. The van der Waals surface area contributed by atoms with Crippen LogP contribution in [0.3, 0.4) is 0 Å². The number of fused-ring (bicyclic) bond motifs is 1. The fourth-order valence-corrected chi connectivity index (χ4v) is 4.90. The molecular weight excluding hydrogens is 415 g/mol. The van der Waals surface area contributed by atoms with Crippen molar-refractivity contribution >= 4 is 7.82 Å². The van der Waals surface area contributed by atoms with Crippen molar-refractivity contribution in [3.63, 3.8) is 0 Å². The molecule has 0 amide bonds. The molecule has 4 atom stereocenters. The summed E-state index contributed by atoms with van der Waals surface area (Å²) in [4.78, 5) is 0. The van der Waals surface area contributed by atoms with Crippen molar-refractivity contribution in [2.24, 2.45) is 0 Å². The van der Waals surface area contributed by atoms with Crippen molar-refractivity contribution < 1.29 is 41.8 Å². The van der Waals surface area contributed by atoms with Crippen LogP contribution >= 0.6 is 7.82 Å². The van der Waals surface area contributed by atoms with E-state index < -0.39 is 49.4 Å². The van der Waals surface area contributed by atoms with Crippen LogP contribution in [0.15, 0.2) is 12.2 Å². The standard InChI is InChI=1S/C20H37O9P/c1-13-15(25-17-16(13)26-20(8,9)27-17)14(23-12-22-10)11-24-30(21,28-18(2,3)4)29-19(5,6)7/h14-17H,1,11-12H2,2-10H3/t14-,15+,16-,17-/m1/s1. The molecule has 2 rings (SSSR count). The molecule has 0 bridgehead atoms. The van der Waals surface area contributed by atoms with E-state index in [4.69, 9.17) is 37.3 Å². The third kappa shape index (κ3) is 7.36. The molecule has 176 valence electrons. The summed E-state index contributed by atoms with van der Waals surface area (Å²) in [5, 5.41) is 0. The van der Waals surface area contributed by atoms with Crippen LogP contribution in [0.4, 0.5) is 0 Å². The summed E-state index contributed by atoms with van der Waals surface area (Å²) in [6, 6.07) is 0. The van der Waals surface area contributed by atoms with Gasteiger partial charge in [0.1, 0.15) is 25.1 Å². The van der Waals surface area contributed by atoms with Gasteiger partial charge in [-0.1, -0.05) is 6.58 Å². The van der Waals surface area contributed by atoms with E-state index in [2.05, 4.69) is 6.58 Å². The Hall–Kier alpha value is -0.350. The highest BCUT2D eigenvalue weighted by Gasteiger charge is 2.53. The lowest BCUT2D eigenvalue weighted by atomic mass is 10.0. The predicted molar refractivity (Wildman–Crippen MR) is 110 cm³/mol. The van der Waals surface area contributed by atoms with Crippen molar-refractivity contribution in [1.82, 2.24) is 0 Å². The number of methoxy groups -OCH3 is 1. The molecule has 2 aliphatic heterocycles. The lowest BCUT2D eigenvalue weighted by Crippen LogP contribution is -2.37. The molecule has 0 aromatic rings. The lowest BCUT2D eigenvalue weighted by Gasteiger charge is -2.32. The van der Waals surface area contributed by atoms with Crippen LogP contribution in [0, 0.1) is 0 Å². The zero-order valence-electron chi connectivity index (χ0n) is 19.6. The lowest BCUT2D eigenvalue weighted by molar-refractivity contribution is -0.218. The molecule has 0 aromatic carbocycles. The minimum Gasteiger partial charge on any atom is -0.359 e. The van der Waals surface area contributed by atoms with Crippen LogP contribution in [0.2, 0.25) is 0 Å². The summed E-state index contributed by atoms with van der Waals surface area (Å²) >= 11 is 0. The largest absolute Gasteiger partial charge is 0.475 e. The van der Waals surface area contributed by atoms with Gasteiger partial charge in [-0.2, -0.15) is 0 Å². The minimum atomic E-state index is -3.92. The molecule has 0 spiro atoms. The SMILES string of the molecule is C=C1[C@H]2OC(C)(C)O[C@H]2O[C@@H]1[C@@H](COP(=O)(OC(C)(C)C)OC(C)(C)C)OCOC. The zero-order valence-corrected chi connectivity index (χ0v) is 20.4. The van der Waals surface area contributed by atoms with Crippen molar-refractivity contribution in [3.8, 4) is 0 Å². The number of hydrogen-bond donors (Lipinski definition) is 0. The van der Waals surface area contributed by atoms with Crippen LogP contribution in [-0.4, -0.2) is 62.1 Å². The molecule has 2 heterocycles. The molecular formula is C20H37O9P. The summed E-state index contributed by atoms with van der Waals surface area (Å²) in [5.41, 5.74) is -0.846. The zero-order chi connectivity index (χ0) is 23.0. The third-order valence-electron chi connectivity index (χ3n) is 3.98. The summed E-state index contributed by atoms with van der Waals surface area (Å²) in [6.07, 6.45) is -2.33. The highest BCUT2D eigenvalue weighted by atomic mass is 31.2. The van der Waals surface area contributed by atoms with E-state index in [0.717, 1.165) is 0 Å². The van der Waals surface area contributed by atoms with Gasteiger partial charge >= 0.3 is 7.82 Å². The number of phosphoric acid groups is 1. The van der Waals surface area contributed by atoms with Gasteiger partial charge in [-0.05, 0) is 61.0 Å². The molecule has 9 nitrogen and oxygen atoms in total. The van der Waals surface area contributed by atoms with Crippen LogP contribution in [-0.2, 0) is 41.8 Å². The normalized spacial score (nSPS) is 28.0. The first-order valence-corrected chi connectivity index (χ1v) is 11.5. The van der Waals surface area contributed by atoms with Crippen LogP contribution in [0.1, 0.15) is 55.4 Å². The van der Waals surface area contributed by atoms with Crippen molar-refractivity contribution in [2.75, 3.05) is 20.5 Å². The smallest absolute Gasteiger partial charge is 0.359 e. The topological polar surface area (TPSA) is 90.9 Å². The Labute approximate surface area is 179 Å². The average molecular weight is 452 g/mol. The maximum atomic E-state index is 13.3. The maximum Gasteiger partial charge on any atom is 0.475 e. The second-order valence-electron chi connectivity index (χ2n) is 9.82. The van der Waals surface area contributed by atoms with E-state index in [0.29, 0.717) is 5.57 Å². The second kappa shape index (κ2) is 9.25. The number of rotatable bonds is 9. The van der Waals surface area contributed by atoms with Crippen LogP contribution in [0.5, 0.6) is 0 Å². The Morgan fingerprint density at radius 1 is 1.10 bits per heavy atom. The van der Waals surface area contributed by atoms with Gasteiger partial charge in [-0.3, -0.25) is 13.6 Å². The van der Waals surface area contributed by atoms with Gasteiger partial charge in [0.05, 0.1) is 17.8 Å². The van der Waals surface area contributed by atoms with Crippen molar-refractivity contribution in [1.29, 1.82) is 0 Å². The molecule has 0 saturated carbocycles. The fourth-order valence-electron chi connectivity index (χ4n) is 3.09. The fraction of sp³-hybridized carbons (Fsp3) is 0.900. The van der Waals surface area contributed by atoms with Gasteiger partial charge in [0.15, 0.2) is 12.1 Å². The molecule has 2 saturated heterocycles. The Morgan fingerprint density at radius 2 is 1.67 bits per heavy atom. The highest BCUT2D eigenvalue weighted by Crippen LogP contribution is 2.55. The molecule has 0 radical (unpaired) electrons. The van der Waals surface area contributed by atoms with Crippen LogP contribution in [0.25, 0.3) is 0 Å². The monoisotopic (exact) mass is 452 g/mol. The van der Waals surface area contributed by atoms with E-state index in [-0.39, 0.29) is 13.4 Å². The number of hydrogen-bond acceptors (Lipinski definition) is 9. The van der Waals surface area contributed by atoms with E-state index in [9.17, 15) is 4.57 Å².